The molecule has 2 aromatic rings. The lowest BCUT2D eigenvalue weighted by atomic mass is 9.99. The van der Waals surface area contributed by atoms with Crippen LogP contribution in [-0.2, 0) is 0 Å². The number of piperidine rings is 1. The SMILES string of the molecule is O=C(c1ccc(Cl)c(Cl)c1)c1cc([N+](=O)[O-])ccc1N1CCCCC1. The number of benzene rings is 2. The highest BCUT2D eigenvalue weighted by molar-refractivity contribution is 6.42. The fourth-order valence-corrected chi connectivity index (χ4v) is 3.32. The molecule has 1 saturated heterocycles. The van der Waals surface area contributed by atoms with Crippen molar-refractivity contribution in [2.45, 2.75) is 19.3 Å². The lowest BCUT2D eigenvalue weighted by Crippen LogP contribution is -2.30. The highest BCUT2D eigenvalue weighted by atomic mass is 35.5. The number of nitrogens with zero attached hydrogens (tertiary/aromatic N) is 2. The van der Waals surface area contributed by atoms with Crippen LogP contribution in [0.4, 0.5) is 11.4 Å². The predicted molar refractivity (Wildman–Crippen MR) is 99.1 cm³/mol. The number of halogens is 2. The molecule has 25 heavy (non-hydrogen) atoms. The third-order valence-electron chi connectivity index (χ3n) is 4.31. The van der Waals surface area contributed by atoms with E-state index in [0.29, 0.717) is 16.1 Å². The Bertz CT molecular complexity index is 833. The minimum Gasteiger partial charge on any atom is -0.371 e. The van der Waals surface area contributed by atoms with Gasteiger partial charge in [-0.3, -0.25) is 14.9 Å². The summed E-state index contributed by atoms with van der Waals surface area (Å²) in [4.78, 5) is 25.8. The van der Waals surface area contributed by atoms with Crippen LogP contribution < -0.4 is 4.90 Å². The Kier molecular flexibility index (Phi) is 5.25. The van der Waals surface area contributed by atoms with E-state index in [1.807, 2.05) is 0 Å². The maximum absolute atomic E-state index is 13.0. The molecule has 0 amide bonds. The molecule has 0 aliphatic carbocycles. The normalized spacial score (nSPS) is 14.4. The van der Waals surface area contributed by atoms with Crippen molar-refractivity contribution in [2.24, 2.45) is 0 Å². The molecule has 5 nitrogen and oxygen atoms in total. The Balaban J connectivity index is 2.07. The van der Waals surface area contributed by atoms with Crippen LogP contribution in [0, 0.1) is 10.1 Å². The summed E-state index contributed by atoms with van der Waals surface area (Å²) in [6.45, 7) is 1.67. The topological polar surface area (TPSA) is 63.4 Å². The van der Waals surface area contributed by atoms with Gasteiger partial charge in [0, 0.05) is 36.5 Å². The standard InChI is InChI=1S/C18H16Cl2N2O3/c19-15-6-4-12(10-16(15)20)18(23)14-11-13(22(24)25)5-7-17(14)21-8-2-1-3-9-21/h4-7,10-11H,1-3,8-9H2. The van der Waals surface area contributed by atoms with Gasteiger partial charge in [-0.05, 0) is 43.5 Å². The van der Waals surface area contributed by atoms with Crippen molar-refractivity contribution in [3.8, 4) is 0 Å². The van der Waals surface area contributed by atoms with Crippen LogP contribution in [0.2, 0.25) is 10.0 Å². The number of nitro benzene ring substituents is 1. The van der Waals surface area contributed by atoms with E-state index in [-0.39, 0.29) is 16.5 Å². The van der Waals surface area contributed by atoms with Crippen molar-refractivity contribution < 1.29 is 9.72 Å². The van der Waals surface area contributed by atoms with Gasteiger partial charge in [0.05, 0.1) is 20.5 Å². The molecule has 0 spiro atoms. The number of nitro groups is 1. The third kappa shape index (κ3) is 3.78. The molecule has 1 aliphatic rings. The van der Waals surface area contributed by atoms with Gasteiger partial charge in [-0.25, -0.2) is 0 Å². The van der Waals surface area contributed by atoms with E-state index in [1.54, 1.807) is 18.2 Å². The number of carbonyl (C=O) groups excluding carboxylic acids is 1. The molecule has 7 heteroatoms. The van der Waals surface area contributed by atoms with E-state index < -0.39 is 4.92 Å². The Hall–Kier alpha value is -2.11. The predicted octanol–water partition coefficient (Wildman–Crippen LogP) is 5.12. The van der Waals surface area contributed by atoms with Crippen molar-refractivity contribution in [2.75, 3.05) is 18.0 Å². The summed E-state index contributed by atoms with van der Waals surface area (Å²) in [5.74, 6) is -0.303. The summed E-state index contributed by atoms with van der Waals surface area (Å²) in [5, 5.41) is 11.8. The van der Waals surface area contributed by atoms with Gasteiger partial charge in [-0.15, -0.1) is 0 Å². The van der Waals surface area contributed by atoms with Gasteiger partial charge in [0.1, 0.15) is 0 Å². The maximum Gasteiger partial charge on any atom is 0.270 e. The van der Waals surface area contributed by atoms with Gasteiger partial charge in [-0.2, -0.15) is 0 Å². The molecule has 0 unspecified atom stereocenters. The monoisotopic (exact) mass is 378 g/mol. The maximum atomic E-state index is 13.0. The van der Waals surface area contributed by atoms with Crippen LogP contribution >= 0.6 is 23.2 Å². The van der Waals surface area contributed by atoms with Gasteiger partial charge in [-0.1, -0.05) is 23.2 Å². The molecule has 0 N–H and O–H groups in total. The second-order valence-electron chi connectivity index (χ2n) is 5.96. The summed E-state index contributed by atoms with van der Waals surface area (Å²) in [5.41, 5.74) is 1.29. The lowest BCUT2D eigenvalue weighted by molar-refractivity contribution is -0.384. The smallest absolute Gasteiger partial charge is 0.270 e. The van der Waals surface area contributed by atoms with Crippen LogP contribution in [0.5, 0.6) is 0 Å². The molecule has 0 atom stereocenters. The molecule has 130 valence electrons. The van der Waals surface area contributed by atoms with Crippen molar-refractivity contribution >= 4 is 40.4 Å². The number of rotatable bonds is 4. The van der Waals surface area contributed by atoms with E-state index in [1.165, 1.54) is 18.2 Å². The summed E-state index contributed by atoms with van der Waals surface area (Å²) in [6.07, 6.45) is 3.23. The van der Waals surface area contributed by atoms with Crippen molar-refractivity contribution in [1.29, 1.82) is 0 Å². The number of ketones is 1. The fourth-order valence-electron chi connectivity index (χ4n) is 3.02. The Morgan fingerprint density at radius 3 is 2.36 bits per heavy atom. The third-order valence-corrected chi connectivity index (χ3v) is 5.05. The van der Waals surface area contributed by atoms with Gasteiger partial charge in [0.25, 0.3) is 5.69 Å². The molecule has 0 bridgehead atoms. The molecule has 1 heterocycles. The van der Waals surface area contributed by atoms with E-state index in [9.17, 15) is 14.9 Å². The number of non-ortho nitro benzene ring substituents is 1. The Morgan fingerprint density at radius 2 is 1.72 bits per heavy atom. The summed E-state index contributed by atoms with van der Waals surface area (Å²) in [7, 11) is 0. The first-order valence-electron chi connectivity index (χ1n) is 8.00. The number of hydrogen-bond acceptors (Lipinski definition) is 4. The number of hydrogen-bond donors (Lipinski definition) is 0. The average Bonchev–Trinajstić information content (AvgIpc) is 2.63. The molecule has 2 aromatic carbocycles. The van der Waals surface area contributed by atoms with Crippen molar-refractivity contribution in [3.63, 3.8) is 0 Å². The molecular weight excluding hydrogens is 363 g/mol. The molecule has 1 fully saturated rings. The zero-order chi connectivity index (χ0) is 18.0. The van der Waals surface area contributed by atoms with Gasteiger partial charge in [0.2, 0.25) is 0 Å². The zero-order valence-electron chi connectivity index (χ0n) is 13.4. The second kappa shape index (κ2) is 7.42. The van der Waals surface area contributed by atoms with Crippen LogP contribution in [-0.4, -0.2) is 23.8 Å². The molecule has 3 rings (SSSR count). The Labute approximate surface area is 155 Å². The van der Waals surface area contributed by atoms with Gasteiger partial charge in [0.15, 0.2) is 5.78 Å². The van der Waals surface area contributed by atoms with Crippen molar-refractivity contribution in [3.05, 3.63) is 67.7 Å². The van der Waals surface area contributed by atoms with Crippen LogP contribution in [0.3, 0.4) is 0 Å². The van der Waals surface area contributed by atoms with E-state index >= 15 is 0 Å². The van der Waals surface area contributed by atoms with Crippen LogP contribution in [0.1, 0.15) is 35.2 Å². The second-order valence-corrected chi connectivity index (χ2v) is 6.78. The molecule has 0 saturated carbocycles. The van der Waals surface area contributed by atoms with Gasteiger partial charge >= 0.3 is 0 Å². The van der Waals surface area contributed by atoms with E-state index in [0.717, 1.165) is 38.0 Å². The van der Waals surface area contributed by atoms with Crippen LogP contribution in [0.15, 0.2) is 36.4 Å². The summed E-state index contributed by atoms with van der Waals surface area (Å²) < 4.78 is 0. The minimum atomic E-state index is -0.494. The summed E-state index contributed by atoms with van der Waals surface area (Å²) in [6, 6.07) is 9.06. The minimum absolute atomic E-state index is 0.107. The quantitative estimate of drug-likeness (QED) is 0.420. The van der Waals surface area contributed by atoms with Gasteiger partial charge < -0.3 is 4.90 Å². The highest BCUT2D eigenvalue weighted by Gasteiger charge is 2.23. The first kappa shape index (κ1) is 17.7. The van der Waals surface area contributed by atoms with E-state index in [4.69, 9.17) is 23.2 Å². The fraction of sp³-hybridized carbons (Fsp3) is 0.278. The Morgan fingerprint density at radius 1 is 1.00 bits per heavy atom. The van der Waals surface area contributed by atoms with E-state index in [2.05, 4.69) is 4.90 Å². The van der Waals surface area contributed by atoms with Crippen molar-refractivity contribution in [1.82, 2.24) is 0 Å². The molecule has 0 aromatic heterocycles. The molecule has 1 aliphatic heterocycles. The van der Waals surface area contributed by atoms with Crippen LogP contribution in [0.25, 0.3) is 0 Å². The first-order chi connectivity index (χ1) is 12.0. The average molecular weight is 379 g/mol. The molecule has 0 radical (unpaired) electrons. The first-order valence-corrected chi connectivity index (χ1v) is 8.76. The number of anilines is 1. The number of carbonyl (C=O) groups is 1. The lowest BCUT2D eigenvalue weighted by Gasteiger charge is -2.30. The summed E-state index contributed by atoms with van der Waals surface area (Å²) >= 11 is 11.9. The highest BCUT2D eigenvalue weighted by Crippen LogP contribution is 2.31. The zero-order valence-corrected chi connectivity index (χ0v) is 14.9. The largest absolute Gasteiger partial charge is 0.371 e. The molecular formula is C18H16Cl2N2O3.